The molecule has 2 aromatic rings. The van der Waals surface area contributed by atoms with E-state index in [0.717, 1.165) is 0 Å². The molecule has 1 heterocycles. The van der Waals surface area contributed by atoms with E-state index in [9.17, 15) is 0 Å². The predicted octanol–water partition coefficient (Wildman–Crippen LogP) is 5.96. The number of ether oxygens (including phenoxy) is 1. The quantitative estimate of drug-likeness (QED) is 0.477. The first-order valence-corrected chi connectivity index (χ1v) is 8.83. The van der Waals surface area contributed by atoms with E-state index < -0.39 is 7.59 Å². The molecule has 0 atom stereocenters. The molecule has 0 aliphatic carbocycles. The maximum Gasteiger partial charge on any atom is 0.250 e. The summed E-state index contributed by atoms with van der Waals surface area (Å²) in [5.74, 6) is 0.513. The molecule has 0 saturated heterocycles. The van der Waals surface area contributed by atoms with Crippen LogP contribution >= 0.6 is 85.5 Å². The SMILES string of the molecule is COc1ccc(-c2nc(C(Cl)(Cl)Cl)nc(C(Cl)(Cl)Cl)n2)cc1Br. The lowest BCUT2D eigenvalue weighted by Gasteiger charge is -2.16. The van der Waals surface area contributed by atoms with Gasteiger partial charge in [0.2, 0.25) is 7.59 Å². The summed E-state index contributed by atoms with van der Waals surface area (Å²) in [4.78, 5) is 12.2. The Morgan fingerprint density at radius 2 is 1.43 bits per heavy atom. The van der Waals surface area contributed by atoms with Gasteiger partial charge in [-0.1, -0.05) is 69.6 Å². The average Bonchev–Trinajstić information content (AvgIpc) is 2.45. The van der Waals surface area contributed by atoms with E-state index in [1.165, 1.54) is 0 Å². The second kappa shape index (κ2) is 7.24. The number of aromatic nitrogens is 3. The first-order valence-electron chi connectivity index (χ1n) is 5.76. The van der Waals surface area contributed by atoms with Crippen molar-refractivity contribution < 1.29 is 4.74 Å². The minimum atomic E-state index is -1.90. The van der Waals surface area contributed by atoms with Gasteiger partial charge >= 0.3 is 0 Å². The van der Waals surface area contributed by atoms with Crippen LogP contribution in [0.5, 0.6) is 5.75 Å². The molecule has 0 saturated carbocycles. The number of alkyl halides is 6. The van der Waals surface area contributed by atoms with E-state index >= 15 is 0 Å². The summed E-state index contributed by atoms with van der Waals surface area (Å²) in [5.41, 5.74) is 0.589. The van der Waals surface area contributed by atoms with Gasteiger partial charge in [0.25, 0.3) is 0 Å². The second-order valence-electron chi connectivity index (χ2n) is 4.15. The number of methoxy groups -OCH3 is 1. The minimum Gasteiger partial charge on any atom is -0.496 e. The maximum atomic E-state index is 5.84. The number of rotatable bonds is 2. The first-order chi connectivity index (χ1) is 10.5. The Morgan fingerprint density at radius 1 is 0.913 bits per heavy atom. The van der Waals surface area contributed by atoms with Crippen LogP contribution in [0.25, 0.3) is 11.4 Å². The maximum absolute atomic E-state index is 5.84. The third-order valence-electron chi connectivity index (χ3n) is 2.55. The summed E-state index contributed by atoms with van der Waals surface area (Å²) in [7, 11) is 1.55. The summed E-state index contributed by atoms with van der Waals surface area (Å²) in [6.07, 6.45) is 0. The molecule has 0 aliphatic rings. The van der Waals surface area contributed by atoms with Gasteiger partial charge in [-0.2, -0.15) is 0 Å². The van der Waals surface area contributed by atoms with E-state index in [1.54, 1.807) is 25.3 Å². The third kappa shape index (κ3) is 4.88. The number of hydrogen-bond donors (Lipinski definition) is 0. The van der Waals surface area contributed by atoms with Crippen molar-refractivity contribution in [1.82, 2.24) is 15.0 Å². The highest BCUT2D eigenvalue weighted by molar-refractivity contribution is 9.10. The molecule has 0 amide bonds. The molecule has 2 rings (SSSR count). The molecule has 0 aliphatic heterocycles. The van der Waals surface area contributed by atoms with Gasteiger partial charge in [-0.25, -0.2) is 15.0 Å². The molecule has 23 heavy (non-hydrogen) atoms. The summed E-state index contributed by atoms with van der Waals surface area (Å²) < 4.78 is 2.06. The summed E-state index contributed by atoms with van der Waals surface area (Å²) >= 11 is 38.4. The zero-order valence-electron chi connectivity index (χ0n) is 11.1. The lowest BCUT2D eigenvalue weighted by Crippen LogP contribution is -2.16. The van der Waals surface area contributed by atoms with Gasteiger partial charge in [0.05, 0.1) is 11.6 Å². The van der Waals surface area contributed by atoms with Crippen molar-refractivity contribution >= 4 is 85.5 Å². The van der Waals surface area contributed by atoms with Gasteiger partial charge in [-0.05, 0) is 34.1 Å². The summed E-state index contributed by atoms with van der Waals surface area (Å²) in [6.45, 7) is 0. The number of nitrogens with zero attached hydrogens (tertiary/aromatic N) is 3. The van der Waals surface area contributed by atoms with Crippen molar-refractivity contribution in [2.45, 2.75) is 7.59 Å². The molecule has 1 aromatic heterocycles. The molecular formula is C12H6BrCl6N3O. The van der Waals surface area contributed by atoms with E-state index in [1.807, 2.05) is 0 Å². The van der Waals surface area contributed by atoms with Crippen LogP contribution in [-0.4, -0.2) is 22.1 Å². The van der Waals surface area contributed by atoms with E-state index in [0.29, 0.717) is 15.8 Å². The number of hydrogen-bond acceptors (Lipinski definition) is 4. The number of halogens is 7. The Hall–Kier alpha value is 0.250. The van der Waals surface area contributed by atoms with Crippen molar-refractivity contribution in [2.24, 2.45) is 0 Å². The van der Waals surface area contributed by atoms with Gasteiger partial charge in [-0.3, -0.25) is 0 Å². The van der Waals surface area contributed by atoms with Gasteiger partial charge in [0, 0.05) is 5.56 Å². The molecular weight excluding hydrogens is 495 g/mol. The molecule has 0 unspecified atom stereocenters. The van der Waals surface area contributed by atoms with Crippen molar-refractivity contribution in [3.05, 3.63) is 34.3 Å². The smallest absolute Gasteiger partial charge is 0.250 e. The molecule has 0 bridgehead atoms. The van der Waals surface area contributed by atoms with Crippen LogP contribution in [0.4, 0.5) is 0 Å². The van der Waals surface area contributed by atoms with Crippen molar-refractivity contribution in [1.29, 1.82) is 0 Å². The van der Waals surface area contributed by atoms with E-state index in [-0.39, 0.29) is 17.5 Å². The Morgan fingerprint density at radius 3 is 1.83 bits per heavy atom. The Balaban J connectivity index is 2.64. The fraction of sp³-hybridized carbons (Fsp3) is 0.250. The Bertz CT molecular complexity index is 699. The van der Waals surface area contributed by atoms with Crippen LogP contribution in [0.3, 0.4) is 0 Å². The Kier molecular flexibility index (Phi) is 6.16. The number of benzene rings is 1. The predicted molar refractivity (Wildman–Crippen MR) is 98.0 cm³/mol. The summed E-state index contributed by atoms with van der Waals surface area (Å²) in [5, 5.41) is 0. The van der Waals surface area contributed by atoms with E-state index in [2.05, 4.69) is 30.9 Å². The standard InChI is InChI=1S/C12H6BrCl6N3O/c1-23-7-3-2-5(4-6(7)13)8-20-9(11(14,15)16)22-10(21-8)12(17,18)19/h2-4H,1H3. The molecule has 4 nitrogen and oxygen atoms in total. The molecule has 0 N–H and O–H groups in total. The molecule has 1 aromatic carbocycles. The van der Waals surface area contributed by atoms with Crippen molar-refractivity contribution in [3.63, 3.8) is 0 Å². The van der Waals surface area contributed by atoms with Crippen molar-refractivity contribution in [3.8, 4) is 17.1 Å². The second-order valence-corrected chi connectivity index (χ2v) is 9.57. The fourth-order valence-corrected chi connectivity index (χ4v) is 2.61. The normalized spacial score (nSPS) is 12.3. The van der Waals surface area contributed by atoms with Crippen LogP contribution < -0.4 is 4.74 Å². The molecule has 124 valence electrons. The third-order valence-corrected chi connectivity index (χ3v) is 4.19. The zero-order valence-corrected chi connectivity index (χ0v) is 17.2. The highest BCUT2D eigenvalue weighted by Gasteiger charge is 2.34. The van der Waals surface area contributed by atoms with E-state index in [4.69, 9.17) is 74.3 Å². The molecule has 0 radical (unpaired) electrons. The average molecular weight is 501 g/mol. The summed E-state index contributed by atoms with van der Waals surface area (Å²) in [6, 6.07) is 5.15. The van der Waals surface area contributed by atoms with Crippen LogP contribution in [0.1, 0.15) is 11.6 Å². The van der Waals surface area contributed by atoms with Crippen LogP contribution in [0.2, 0.25) is 0 Å². The fourth-order valence-electron chi connectivity index (χ4n) is 1.56. The molecule has 0 spiro atoms. The highest BCUT2D eigenvalue weighted by atomic mass is 79.9. The lowest BCUT2D eigenvalue weighted by molar-refractivity contribution is 0.412. The van der Waals surface area contributed by atoms with Gasteiger partial charge in [0.1, 0.15) is 5.75 Å². The van der Waals surface area contributed by atoms with Crippen LogP contribution in [0.15, 0.2) is 22.7 Å². The van der Waals surface area contributed by atoms with Crippen LogP contribution in [-0.2, 0) is 7.59 Å². The topological polar surface area (TPSA) is 47.9 Å². The van der Waals surface area contributed by atoms with Gasteiger partial charge < -0.3 is 4.74 Å². The minimum absolute atomic E-state index is 0.152. The first kappa shape index (κ1) is 19.6. The van der Waals surface area contributed by atoms with Gasteiger partial charge in [-0.15, -0.1) is 0 Å². The zero-order chi connectivity index (χ0) is 17.4. The van der Waals surface area contributed by atoms with Gasteiger partial charge in [0.15, 0.2) is 17.5 Å². The van der Waals surface area contributed by atoms with Crippen LogP contribution in [0, 0.1) is 0 Å². The molecule has 11 heteroatoms. The Labute approximate surface area is 170 Å². The largest absolute Gasteiger partial charge is 0.496 e. The monoisotopic (exact) mass is 497 g/mol. The van der Waals surface area contributed by atoms with Crippen molar-refractivity contribution in [2.75, 3.05) is 7.11 Å². The lowest BCUT2D eigenvalue weighted by atomic mass is 10.2. The highest BCUT2D eigenvalue weighted by Crippen LogP contribution is 2.41. The molecule has 0 fully saturated rings.